The number of nitrogens with zero attached hydrogens (tertiary/aromatic N) is 8. The average Bonchev–Trinajstić information content (AvgIpc) is 3.83. The Morgan fingerprint density at radius 3 is 1.60 bits per heavy atom. The van der Waals surface area contributed by atoms with E-state index < -0.39 is 12.0 Å². The van der Waals surface area contributed by atoms with Crippen LogP contribution in [0, 0.1) is 24.8 Å². The zero-order chi connectivity index (χ0) is 32.8. The molecule has 0 amide bonds. The van der Waals surface area contributed by atoms with Crippen LogP contribution in [-0.2, 0) is 40.4 Å². The Morgan fingerprint density at radius 1 is 0.667 bits per heavy atom. The number of hydrogen-bond donors (Lipinski definition) is 0. The molecule has 0 fully saturated rings. The van der Waals surface area contributed by atoms with Crippen molar-refractivity contribution in [2.75, 3.05) is 0 Å². The zero-order valence-corrected chi connectivity index (χ0v) is 28.0. The van der Waals surface area contributed by atoms with Crippen LogP contribution >= 0.6 is 0 Å². The van der Waals surface area contributed by atoms with Crippen LogP contribution < -0.4 is 14.2 Å². The van der Waals surface area contributed by atoms with Crippen molar-refractivity contribution in [2.45, 2.75) is 6.18 Å². The summed E-state index contributed by atoms with van der Waals surface area (Å²) < 4.78 is 44.4. The normalized spacial score (nSPS) is 10.9. The average molecular weight is 820 g/mol. The molecule has 8 aromatic rings. The second-order valence-electron chi connectivity index (χ2n) is 10.1. The molecule has 0 atom stereocenters. The minimum Gasteiger partial charge on any atom is -0.413 e. The quantitative estimate of drug-likeness (QED) is 0.172. The first kappa shape index (κ1) is 33.9. The summed E-state index contributed by atoms with van der Waals surface area (Å²) >= 11 is 0. The van der Waals surface area contributed by atoms with E-state index in [9.17, 15) is 13.2 Å². The zero-order valence-electron chi connectivity index (χ0n) is 25.6. The second-order valence-corrected chi connectivity index (χ2v) is 10.1. The fourth-order valence-corrected chi connectivity index (χ4v) is 4.77. The molecule has 4 aromatic carbocycles. The summed E-state index contributed by atoms with van der Waals surface area (Å²) in [4.78, 5) is 7.05. The van der Waals surface area contributed by atoms with Gasteiger partial charge in [-0.3, -0.25) is 10.1 Å². The van der Waals surface area contributed by atoms with Gasteiger partial charge in [0.25, 0.3) is 0 Å². The molecule has 8 nitrogen and oxygen atoms in total. The van der Waals surface area contributed by atoms with E-state index in [1.165, 1.54) is 23.3 Å². The maximum atomic E-state index is 12.1. The second kappa shape index (κ2) is 15.0. The Morgan fingerprint density at radius 2 is 1.17 bits per heavy atom. The summed E-state index contributed by atoms with van der Waals surface area (Å²) in [5, 5.41) is 6.25. The van der Waals surface area contributed by atoms with Gasteiger partial charge in [-0.2, -0.15) is 73.8 Å². The fraction of sp³-hybridized carbons (Fsp3) is 0.0833. The number of fused-ring (bicyclic) bond motifs is 2. The van der Waals surface area contributed by atoms with Crippen molar-refractivity contribution in [1.29, 1.82) is 0 Å². The standard InChI is InChI=1S/2C14H11N2.C8H4F3N4.Ir/c2*1-15-11-16(12-7-3-2-4-8-12)14-10-6-5-9-13(14)15;9-8(10,11)7-13-6(14-15-7)5-3-1-2-4-12-5;/h2*2-7,9-10H,1H3;1-4H;/q3*-1;. The first-order chi connectivity index (χ1) is 22.8. The molecule has 0 aliphatic rings. The molecule has 4 aromatic heterocycles. The molecule has 0 N–H and O–H groups in total. The van der Waals surface area contributed by atoms with Gasteiger partial charge in [-0.1, -0.05) is 66.0 Å². The van der Waals surface area contributed by atoms with Gasteiger partial charge in [-0.05, 0) is 18.0 Å². The third-order valence-electron chi connectivity index (χ3n) is 6.93. The van der Waals surface area contributed by atoms with E-state index in [0.29, 0.717) is 0 Å². The molecular weight excluding hydrogens is 794 g/mol. The molecule has 48 heavy (non-hydrogen) atoms. The minimum absolute atomic E-state index is 0. The minimum atomic E-state index is -4.57. The molecule has 0 spiro atoms. The number of benzene rings is 4. The van der Waals surface area contributed by atoms with Gasteiger partial charge in [0.1, 0.15) is 5.82 Å². The van der Waals surface area contributed by atoms with Crippen molar-refractivity contribution in [3.63, 3.8) is 0 Å². The fourth-order valence-electron chi connectivity index (χ4n) is 4.77. The van der Waals surface area contributed by atoms with Crippen LogP contribution in [0.2, 0.25) is 0 Å². The molecule has 0 unspecified atom stereocenters. The Kier molecular flexibility index (Phi) is 10.6. The van der Waals surface area contributed by atoms with Gasteiger partial charge in [-0.15, -0.1) is 0 Å². The number of aryl methyl sites for hydroxylation is 2. The molecule has 1 radical (unpaired) electrons. The van der Waals surface area contributed by atoms with Crippen LogP contribution in [0.4, 0.5) is 13.2 Å². The summed E-state index contributed by atoms with van der Waals surface area (Å²) in [6.07, 6.45) is 3.42. The Bertz CT molecular complexity index is 2100. The number of alkyl halides is 3. The van der Waals surface area contributed by atoms with Crippen molar-refractivity contribution in [3.8, 4) is 22.9 Å². The van der Waals surface area contributed by atoms with Gasteiger partial charge in [0, 0.05) is 26.3 Å². The van der Waals surface area contributed by atoms with Crippen molar-refractivity contribution in [3.05, 3.63) is 152 Å². The summed E-state index contributed by atoms with van der Waals surface area (Å²) in [5.74, 6) is -1.37. The van der Waals surface area contributed by atoms with Crippen molar-refractivity contribution < 1.29 is 42.4 Å². The van der Waals surface area contributed by atoms with Crippen LogP contribution in [0.1, 0.15) is 5.82 Å². The van der Waals surface area contributed by atoms with E-state index in [4.69, 9.17) is 0 Å². The van der Waals surface area contributed by atoms with Gasteiger partial charge >= 0.3 is 6.18 Å². The molecule has 4 heterocycles. The number of pyridine rings is 1. The smallest absolute Gasteiger partial charge is 0.413 e. The predicted molar refractivity (Wildman–Crippen MR) is 168 cm³/mol. The maximum absolute atomic E-state index is 12.1. The van der Waals surface area contributed by atoms with Crippen LogP contribution in [0.25, 0.3) is 45.0 Å². The van der Waals surface area contributed by atoms with E-state index in [1.807, 2.05) is 105 Å². The van der Waals surface area contributed by atoms with Gasteiger partial charge < -0.3 is 28.4 Å². The van der Waals surface area contributed by atoms with Gasteiger partial charge in [0.05, 0.1) is 41.9 Å². The third kappa shape index (κ3) is 7.57. The molecule has 12 heteroatoms. The summed E-state index contributed by atoms with van der Waals surface area (Å²) in [5.41, 5.74) is 6.92. The monoisotopic (exact) mass is 820 g/mol. The summed E-state index contributed by atoms with van der Waals surface area (Å²) in [6.45, 7) is 0. The molecule has 0 saturated carbocycles. The first-order valence-electron chi connectivity index (χ1n) is 14.4. The van der Waals surface area contributed by atoms with Crippen molar-refractivity contribution in [1.82, 2.24) is 29.3 Å². The summed E-state index contributed by atoms with van der Waals surface area (Å²) in [7, 11) is 4.00. The van der Waals surface area contributed by atoms with E-state index >= 15 is 0 Å². The maximum Gasteiger partial charge on any atom is 0.429 e. The van der Waals surface area contributed by atoms with Crippen LogP contribution in [-0.4, -0.2) is 24.2 Å². The molecule has 0 aliphatic heterocycles. The van der Waals surface area contributed by atoms with Crippen LogP contribution in [0.15, 0.2) is 121 Å². The number of para-hydroxylation sites is 6. The molecule has 243 valence electrons. The SMILES string of the molecule is C[n+]1[c-]n(-c2[c-]cccc2)c2ccccc21.C[n+]1[c-]n(-c2[c-]cccc2)c2ccccc21.FC(F)(F)c1n[n-]c(-c2ccccn2)n1.[Ir]. The Hall–Kier alpha value is -5.45. The van der Waals surface area contributed by atoms with Gasteiger partial charge in [0.2, 0.25) is 12.7 Å². The predicted octanol–water partition coefficient (Wildman–Crippen LogP) is 5.62. The molecule has 8 rings (SSSR count). The van der Waals surface area contributed by atoms with Gasteiger partial charge in [-0.25, -0.2) is 0 Å². The van der Waals surface area contributed by atoms with Crippen LogP contribution in [0.5, 0.6) is 0 Å². The first-order valence-corrected chi connectivity index (χ1v) is 14.4. The van der Waals surface area contributed by atoms with Gasteiger partial charge in [0.15, 0.2) is 0 Å². The number of aromatic nitrogens is 8. The van der Waals surface area contributed by atoms with E-state index in [1.54, 1.807) is 12.1 Å². The summed E-state index contributed by atoms with van der Waals surface area (Å²) in [6, 6.07) is 43.6. The number of rotatable bonds is 3. The number of imidazole rings is 2. The molecule has 0 saturated heterocycles. The molecule has 0 bridgehead atoms. The Labute approximate surface area is 288 Å². The topological polar surface area (TPSA) is 70.4 Å². The largest absolute Gasteiger partial charge is 0.429 e. The number of hydrogen-bond acceptors (Lipinski definition) is 3. The van der Waals surface area contributed by atoms with E-state index in [-0.39, 0.29) is 31.6 Å². The van der Waals surface area contributed by atoms with E-state index in [0.717, 1.165) is 22.4 Å². The molecule has 0 aliphatic carbocycles. The van der Waals surface area contributed by atoms with E-state index in [2.05, 4.69) is 69.2 Å². The van der Waals surface area contributed by atoms with Crippen LogP contribution in [0.3, 0.4) is 0 Å². The van der Waals surface area contributed by atoms with Crippen molar-refractivity contribution >= 4 is 22.1 Å². The number of halogens is 3. The Balaban J connectivity index is 0.000000140. The van der Waals surface area contributed by atoms with Crippen molar-refractivity contribution in [2.24, 2.45) is 14.1 Å². The molecular formula is C36H26F3IrN8-3. The third-order valence-corrected chi connectivity index (χ3v) is 6.93.